The minimum Gasteiger partial charge on any atom is -0.395 e. The first-order valence-corrected chi connectivity index (χ1v) is 6.04. The van der Waals surface area contributed by atoms with E-state index in [2.05, 4.69) is 10.1 Å². The molecule has 0 unspecified atom stereocenters. The van der Waals surface area contributed by atoms with Crippen LogP contribution in [-0.2, 0) is 0 Å². The van der Waals surface area contributed by atoms with Crippen molar-refractivity contribution in [3.05, 3.63) is 60.6 Å². The molecular formula is C15H11N5. The van der Waals surface area contributed by atoms with E-state index in [1.165, 1.54) is 0 Å². The monoisotopic (exact) mass is 261 g/mol. The number of nitrogens with zero attached hydrogens (tertiary/aromatic N) is 4. The Bertz CT molecular complexity index is 784. The summed E-state index contributed by atoms with van der Waals surface area (Å²) < 4.78 is 1.58. The van der Waals surface area contributed by atoms with E-state index in [0.29, 0.717) is 17.1 Å². The van der Waals surface area contributed by atoms with Crippen LogP contribution in [0, 0.1) is 11.3 Å². The number of anilines is 1. The molecule has 96 valence electrons. The summed E-state index contributed by atoms with van der Waals surface area (Å²) in [6.45, 7) is 0. The zero-order valence-electron chi connectivity index (χ0n) is 10.6. The molecule has 3 rings (SSSR count). The van der Waals surface area contributed by atoms with Crippen LogP contribution < -0.4 is 5.73 Å². The highest BCUT2D eigenvalue weighted by Crippen LogP contribution is 2.22. The third kappa shape index (κ3) is 1.99. The van der Waals surface area contributed by atoms with Crippen molar-refractivity contribution >= 4 is 5.69 Å². The minimum atomic E-state index is 0.331. The molecule has 0 radical (unpaired) electrons. The van der Waals surface area contributed by atoms with Gasteiger partial charge in [-0.2, -0.15) is 10.4 Å². The molecule has 0 saturated heterocycles. The Hall–Kier alpha value is -3.13. The molecule has 1 aromatic carbocycles. The molecule has 0 aliphatic rings. The first-order chi connectivity index (χ1) is 9.79. The zero-order chi connectivity index (χ0) is 13.9. The molecular weight excluding hydrogens is 250 g/mol. The van der Waals surface area contributed by atoms with Gasteiger partial charge in [0.15, 0.2) is 5.82 Å². The zero-order valence-corrected chi connectivity index (χ0v) is 10.6. The highest BCUT2D eigenvalue weighted by Gasteiger charge is 2.10. The van der Waals surface area contributed by atoms with Crippen molar-refractivity contribution in [3.8, 4) is 23.0 Å². The number of pyridine rings is 1. The summed E-state index contributed by atoms with van der Waals surface area (Å²) in [5.74, 6) is 0.464. The molecule has 0 saturated carbocycles. The van der Waals surface area contributed by atoms with E-state index in [1.54, 1.807) is 23.1 Å². The normalized spacial score (nSPS) is 10.2. The number of hydrogen-bond donors (Lipinski definition) is 1. The number of nitriles is 1. The van der Waals surface area contributed by atoms with Crippen LogP contribution >= 0.6 is 0 Å². The molecule has 5 heteroatoms. The second-order valence-corrected chi connectivity index (χ2v) is 4.25. The molecule has 2 aromatic heterocycles. The van der Waals surface area contributed by atoms with E-state index < -0.39 is 0 Å². The Kier molecular flexibility index (Phi) is 2.90. The van der Waals surface area contributed by atoms with Gasteiger partial charge in [-0.05, 0) is 11.6 Å². The van der Waals surface area contributed by atoms with Gasteiger partial charge in [0.2, 0.25) is 0 Å². The van der Waals surface area contributed by atoms with Gasteiger partial charge in [0.1, 0.15) is 6.07 Å². The van der Waals surface area contributed by atoms with Gasteiger partial charge in [-0.3, -0.25) is 0 Å². The fraction of sp³-hybridized carbons (Fsp3) is 0. The maximum Gasteiger partial charge on any atom is 0.177 e. The fourth-order valence-corrected chi connectivity index (χ4v) is 1.96. The summed E-state index contributed by atoms with van der Waals surface area (Å²) in [5.41, 5.74) is 8.68. The summed E-state index contributed by atoms with van der Waals surface area (Å²) in [7, 11) is 0. The summed E-state index contributed by atoms with van der Waals surface area (Å²) in [6, 6.07) is 13.5. The van der Waals surface area contributed by atoms with Gasteiger partial charge in [0.05, 0.1) is 17.4 Å². The second kappa shape index (κ2) is 4.86. The van der Waals surface area contributed by atoms with Gasteiger partial charge in [0.25, 0.3) is 0 Å². The van der Waals surface area contributed by atoms with Crippen LogP contribution in [0.2, 0.25) is 0 Å². The maximum absolute atomic E-state index is 8.99. The average molecular weight is 261 g/mol. The Morgan fingerprint density at radius 3 is 2.65 bits per heavy atom. The number of nitrogen functional groups attached to an aromatic ring is 1. The summed E-state index contributed by atoms with van der Waals surface area (Å²) in [5, 5.41) is 13.2. The van der Waals surface area contributed by atoms with Crippen LogP contribution in [0.4, 0.5) is 5.69 Å². The predicted octanol–water partition coefficient (Wildman–Crippen LogP) is 2.39. The van der Waals surface area contributed by atoms with Crippen molar-refractivity contribution in [1.29, 1.82) is 5.26 Å². The first kappa shape index (κ1) is 11.9. The molecule has 0 fully saturated rings. The molecule has 0 aliphatic carbocycles. The fourth-order valence-electron chi connectivity index (χ4n) is 1.96. The maximum atomic E-state index is 8.99. The van der Waals surface area contributed by atoms with Crippen LogP contribution in [0.3, 0.4) is 0 Å². The van der Waals surface area contributed by atoms with Crippen molar-refractivity contribution < 1.29 is 0 Å². The lowest BCUT2D eigenvalue weighted by atomic mass is 10.1. The van der Waals surface area contributed by atoms with Crippen LogP contribution in [0.25, 0.3) is 16.9 Å². The minimum absolute atomic E-state index is 0.331. The molecule has 2 N–H and O–H groups in total. The van der Waals surface area contributed by atoms with E-state index in [1.807, 2.05) is 42.6 Å². The predicted molar refractivity (Wildman–Crippen MR) is 75.9 cm³/mol. The van der Waals surface area contributed by atoms with E-state index in [-0.39, 0.29) is 0 Å². The number of benzene rings is 1. The lowest BCUT2D eigenvalue weighted by molar-refractivity contribution is 0.849. The van der Waals surface area contributed by atoms with Crippen molar-refractivity contribution in [2.24, 2.45) is 0 Å². The Labute approximate surface area is 115 Å². The topological polar surface area (TPSA) is 80.5 Å². The summed E-state index contributed by atoms with van der Waals surface area (Å²) >= 11 is 0. The van der Waals surface area contributed by atoms with E-state index in [4.69, 9.17) is 11.0 Å². The molecule has 0 spiro atoms. The Morgan fingerprint density at radius 2 is 1.90 bits per heavy atom. The third-order valence-electron chi connectivity index (χ3n) is 3.00. The number of nitrogens with two attached hydrogens (primary N) is 1. The average Bonchev–Trinajstić information content (AvgIpc) is 2.98. The Morgan fingerprint density at radius 1 is 1.10 bits per heavy atom. The van der Waals surface area contributed by atoms with Crippen molar-refractivity contribution in [1.82, 2.24) is 14.8 Å². The molecule has 0 amide bonds. The lowest BCUT2D eigenvalue weighted by Crippen LogP contribution is -2.04. The van der Waals surface area contributed by atoms with Crippen molar-refractivity contribution in [3.63, 3.8) is 0 Å². The molecule has 0 atom stereocenters. The van der Waals surface area contributed by atoms with E-state index >= 15 is 0 Å². The smallest absolute Gasteiger partial charge is 0.177 e. The summed E-state index contributed by atoms with van der Waals surface area (Å²) in [4.78, 5) is 4.19. The number of rotatable bonds is 2. The first-order valence-electron chi connectivity index (χ1n) is 6.04. The molecule has 5 nitrogen and oxygen atoms in total. The molecule has 20 heavy (non-hydrogen) atoms. The second-order valence-electron chi connectivity index (χ2n) is 4.25. The molecule has 3 aromatic rings. The van der Waals surface area contributed by atoms with Crippen LogP contribution in [0.15, 0.2) is 55.0 Å². The summed E-state index contributed by atoms with van der Waals surface area (Å²) in [6.07, 6.45) is 5.14. The van der Waals surface area contributed by atoms with Gasteiger partial charge in [-0.15, -0.1) is 0 Å². The van der Waals surface area contributed by atoms with Crippen LogP contribution in [0.1, 0.15) is 5.56 Å². The molecule has 0 bridgehead atoms. The number of hydrogen-bond acceptors (Lipinski definition) is 4. The van der Waals surface area contributed by atoms with Crippen LogP contribution in [0.5, 0.6) is 0 Å². The largest absolute Gasteiger partial charge is 0.395 e. The third-order valence-corrected chi connectivity index (χ3v) is 3.00. The number of aromatic nitrogens is 3. The lowest BCUT2D eigenvalue weighted by Gasteiger charge is -2.04. The van der Waals surface area contributed by atoms with Gasteiger partial charge < -0.3 is 5.73 Å². The molecule has 2 heterocycles. The highest BCUT2D eigenvalue weighted by molar-refractivity contribution is 5.65. The van der Waals surface area contributed by atoms with Gasteiger partial charge in [-0.25, -0.2) is 9.67 Å². The van der Waals surface area contributed by atoms with Gasteiger partial charge in [-0.1, -0.05) is 30.3 Å². The quantitative estimate of drug-likeness (QED) is 0.768. The molecule has 0 aliphatic heterocycles. The van der Waals surface area contributed by atoms with Crippen molar-refractivity contribution in [2.75, 3.05) is 5.73 Å². The van der Waals surface area contributed by atoms with Crippen LogP contribution in [-0.4, -0.2) is 14.8 Å². The SMILES string of the molecule is N#Cc1ccnc(-n2cc(-c3ccccc3)cn2)c1N. The van der Waals surface area contributed by atoms with E-state index in [9.17, 15) is 0 Å². The Balaban J connectivity index is 2.06. The van der Waals surface area contributed by atoms with Crippen molar-refractivity contribution in [2.45, 2.75) is 0 Å². The highest BCUT2D eigenvalue weighted by atomic mass is 15.3. The van der Waals surface area contributed by atoms with E-state index in [0.717, 1.165) is 11.1 Å². The standard InChI is InChI=1S/C15H11N5/c16-8-12-6-7-18-15(14(12)17)20-10-13(9-19-20)11-4-2-1-3-5-11/h1-7,9-10H,17H2. The van der Waals surface area contributed by atoms with Gasteiger partial charge >= 0.3 is 0 Å². The van der Waals surface area contributed by atoms with Gasteiger partial charge in [0, 0.05) is 18.0 Å².